The van der Waals surface area contributed by atoms with Crippen LogP contribution in [0.1, 0.15) is 0 Å². The van der Waals surface area contributed by atoms with Gasteiger partial charge in [-0.25, -0.2) is 0 Å². The van der Waals surface area contributed by atoms with Crippen molar-refractivity contribution in [2.45, 2.75) is 0 Å². The highest BCUT2D eigenvalue weighted by molar-refractivity contribution is 6.15. The van der Waals surface area contributed by atoms with Crippen LogP contribution < -0.4 is 4.90 Å². The van der Waals surface area contributed by atoms with E-state index in [1.807, 2.05) is 6.07 Å². The van der Waals surface area contributed by atoms with Crippen LogP contribution in [0.3, 0.4) is 0 Å². The van der Waals surface area contributed by atoms with Crippen LogP contribution in [-0.2, 0) is 0 Å². The number of furan rings is 1. The molecule has 0 aliphatic carbocycles. The van der Waals surface area contributed by atoms with Crippen LogP contribution >= 0.6 is 0 Å². The summed E-state index contributed by atoms with van der Waals surface area (Å²) in [6.45, 7) is 0. The highest BCUT2D eigenvalue weighted by Gasteiger charge is 2.24. The van der Waals surface area contributed by atoms with Crippen molar-refractivity contribution >= 4 is 82.4 Å². The summed E-state index contributed by atoms with van der Waals surface area (Å²) in [7, 11) is 0. The van der Waals surface area contributed by atoms with Gasteiger partial charge < -0.3 is 13.9 Å². The Hall–Kier alpha value is -7.88. The van der Waals surface area contributed by atoms with Crippen molar-refractivity contribution in [1.29, 1.82) is 0 Å². The van der Waals surface area contributed by atoms with Gasteiger partial charge in [-0.1, -0.05) is 146 Å². The summed E-state index contributed by atoms with van der Waals surface area (Å²) < 4.78 is 9.24. The molecule has 0 N–H and O–H groups in total. The molecule has 0 radical (unpaired) electrons. The van der Waals surface area contributed by atoms with Gasteiger partial charge in [0.15, 0.2) is 0 Å². The zero-order valence-corrected chi connectivity index (χ0v) is 32.1. The summed E-state index contributed by atoms with van der Waals surface area (Å²) in [6, 6.07) is 78.6. The zero-order chi connectivity index (χ0) is 38.9. The SMILES string of the molecule is c1ccc(N(c2cccc(-c3cc4ccccc4c4ccccc34)c2)c2ccc3c(oc4ccccc43)c2-c2ccc(-n3c4ccccc4c4ccccc43)cc2)cc1. The molecule has 2 heterocycles. The van der Waals surface area contributed by atoms with E-state index in [4.69, 9.17) is 4.42 Å². The van der Waals surface area contributed by atoms with E-state index < -0.39 is 0 Å². The summed E-state index contributed by atoms with van der Waals surface area (Å²) >= 11 is 0. The molecule has 59 heavy (non-hydrogen) atoms. The van der Waals surface area contributed by atoms with E-state index in [2.05, 4.69) is 222 Å². The molecule has 0 saturated carbocycles. The fraction of sp³-hybridized carbons (Fsp3) is 0. The Labute approximate surface area is 341 Å². The molecule has 12 rings (SSSR count). The Morgan fingerprint density at radius 1 is 0.373 bits per heavy atom. The van der Waals surface area contributed by atoms with Gasteiger partial charge in [-0.2, -0.15) is 0 Å². The number of hydrogen-bond donors (Lipinski definition) is 0. The van der Waals surface area contributed by atoms with E-state index in [-0.39, 0.29) is 0 Å². The number of nitrogens with zero attached hydrogens (tertiary/aromatic N) is 2. The van der Waals surface area contributed by atoms with Gasteiger partial charge >= 0.3 is 0 Å². The first-order chi connectivity index (χ1) is 29.3. The predicted molar refractivity (Wildman–Crippen MR) is 249 cm³/mol. The maximum Gasteiger partial charge on any atom is 0.145 e. The van der Waals surface area contributed by atoms with Gasteiger partial charge in [-0.15, -0.1) is 0 Å². The molecule has 0 atom stereocenters. The average molecular weight is 753 g/mol. The van der Waals surface area contributed by atoms with E-state index in [0.717, 1.165) is 61.4 Å². The number of fused-ring (bicyclic) bond motifs is 9. The molecule has 0 saturated heterocycles. The minimum atomic E-state index is 0.867. The van der Waals surface area contributed by atoms with Crippen LogP contribution in [-0.4, -0.2) is 4.57 Å². The minimum absolute atomic E-state index is 0.867. The molecule has 0 fully saturated rings. The van der Waals surface area contributed by atoms with Gasteiger partial charge in [0, 0.05) is 44.2 Å². The number of rotatable bonds is 6. The number of anilines is 3. The van der Waals surface area contributed by atoms with Gasteiger partial charge in [0.25, 0.3) is 0 Å². The Morgan fingerprint density at radius 3 is 1.75 bits per heavy atom. The second kappa shape index (κ2) is 13.4. The molecule has 0 aliphatic heterocycles. The van der Waals surface area contributed by atoms with Crippen molar-refractivity contribution in [3.8, 4) is 27.9 Å². The lowest BCUT2D eigenvalue weighted by molar-refractivity contribution is 0.670. The van der Waals surface area contributed by atoms with Crippen LogP contribution in [0.5, 0.6) is 0 Å². The quantitative estimate of drug-likeness (QED) is 0.158. The highest BCUT2D eigenvalue weighted by Crippen LogP contribution is 2.48. The van der Waals surface area contributed by atoms with Gasteiger partial charge in [0.1, 0.15) is 11.2 Å². The van der Waals surface area contributed by atoms with Crippen molar-refractivity contribution < 1.29 is 4.42 Å². The Bertz CT molecular complexity index is 3500. The number of benzene rings is 10. The molecule has 3 heteroatoms. The fourth-order valence-electron chi connectivity index (χ4n) is 9.33. The van der Waals surface area contributed by atoms with Gasteiger partial charge in [0.05, 0.1) is 16.7 Å². The van der Waals surface area contributed by atoms with Gasteiger partial charge in [-0.3, -0.25) is 0 Å². The van der Waals surface area contributed by atoms with Crippen LogP contribution in [0.2, 0.25) is 0 Å². The maximum atomic E-state index is 6.87. The molecule has 0 unspecified atom stereocenters. The monoisotopic (exact) mass is 752 g/mol. The summed E-state index contributed by atoms with van der Waals surface area (Å²) in [4.78, 5) is 2.38. The number of hydrogen-bond acceptors (Lipinski definition) is 2. The first-order valence-corrected chi connectivity index (χ1v) is 20.2. The lowest BCUT2D eigenvalue weighted by Crippen LogP contribution is -2.11. The molecule has 0 aliphatic rings. The molecule has 10 aromatic carbocycles. The third kappa shape index (κ3) is 5.29. The largest absolute Gasteiger partial charge is 0.455 e. The second-order valence-electron chi connectivity index (χ2n) is 15.3. The molecule has 0 amide bonds. The molecular formula is C56H36N2O. The third-order valence-corrected chi connectivity index (χ3v) is 12.0. The lowest BCUT2D eigenvalue weighted by Gasteiger charge is -2.28. The Balaban J connectivity index is 1.08. The van der Waals surface area contributed by atoms with E-state index in [1.54, 1.807) is 0 Å². The normalized spacial score (nSPS) is 11.7. The van der Waals surface area contributed by atoms with Crippen LogP contribution in [0.4, 0.5) is 17.1 Å². The van der Waals surface area contributed by atoms with E-state index in [0.29, 0.717) is 0 Å². The molecule has 0 bridgehead atoms. The van der Waals surface area contributed by atoms with E-state index in [9.17, 15) is 0 Å². The summed E-state index contributed by atoms with van der Waals surface area (Å²) in [5.41, 5.74) is 12.9. The molecule has 276 valence electrons. The third-order valence-electron chi connectivity index (χ3n) is 12.0. The van der Waals surface area contributed by atoms with Crippen LogP contribution in [0.25, 0.3) is 93.2 Å². The second-order valence-corrected chi connectivity index (χ2v) is 15.3. The van der Waals surface area contributed by atoms with Crippen molar-refractivity contribution in [1.82, 2.24) is 4.57 Å². The van der Waals surface area contributed by atoms with Gasteiger partial charge in [0.2, 0.25) is 0 Å². The first-order valence-electron chi connectivity index (χ1n) is 20.2. The Morgan fingerprint density at radius 2 is 0.983 bits per heavy atom. The van der Waals surface area contributed by atoms with Crippen molar-refractivity contribution in [2.24, 2.45) is 0 Å². The highest BCUT2D eigenvalue weighted by atomic mass is 16.3. The van der Waals surface area contributed by atoms with Crippen molar-refractivity contribution in [2.75, 3.05) is 4.90 Å². The minimum Gasteiger partial charge on any atom is -0.455 e. The van der Waals surface area contributed by atoms with Crippen molar-refractivity contribution in [3.05, 3.63) is 218 Å². The predicted octanol–water partition coefficient (Wildman–Crippen LogP) is 15.8. The average Bonchev–Trinajstić information content (AvgIpc) is 3.85. The standard InChI is InChI=1S/C56H36N2O/c1-2-17-40(18-3-1)57(42-19-14-16-38(35-42)50-36-39-15-4-5-20-43(39)44-21-6-7-22-45(44)50)53-34-33-49-48-25-10-13-28-54(48)59-56(49)55(53)37-29-31-41(32-30-37)58-51-26-11-8-23-46(51)47-24-9-12-27-52(47)58/h1-36H. The summed E-state index contributed by atoms with van der Waals surface area (Å²) in [6.07, 6.45) is 0. The number of aromatic nitrogens is 1. The number of para-hydroxylation sites is 4. The Kier molecular flexibility index (Phi) is 7.54. The fourth-order valence-corrected chi connectivity index (χ4v) is 9.33. The van der Waals surface area contributed by atoms with E-state index >= 15 is 0 Å². The molecule has 12 aromatic rings. The summed E-state index contributed by atoms with van der Waals surface area (Å²) in [5, 5.41) is 9.69. The molecule has 0 spiro atoms. The zero-order valence-electron chi connectivity index (χ0n) is 32.1. The topological polar surface area (TPSA) is 21.3 Å². The molecule has 2 aromatic heterocycles. The molecule has 3 nitrogen and oxygen atoms in total. The van der Waals surface area contributed by atoms with E-state index in [1.165, 1.54) is 48.9 Å². The first kappa shape index (κ1) is 33.3. The lowest BCUT2D eigenvalue weighted by atomic mass is 9.93. The molecular weight excluding hydrogens is 717 g/mol. The van der Waals surface area contributed by atoms with Crippen LogP contribution in [0, 0.1) is 0 Å². The van der Waals surface area contributed by atoms with Gasteiger partial charge in [-0.05, 0) is 111 Å². The summed E-state index contributed by atoms with van der Waals surface area (Å²) in [5.74, 6) is 0. The van der Waals surface area contributed by atoms with Crippen LogP contribution in [0.15, 0.2) is 223 Å². The van der Waals surface area contributed by atoms with Crippen molar-refractivity contribution in [3.63, 3.8) is 0 Å². The maximum absolute atomic E-state index is 6.87. The smallest absolute Gasteiger partial charge is 0.145 e.